The molecule has 3 heterocycles. The van der Waals surface area contributed by atoms with Gasteiger partial charge in [-0.1, -0.05) is 60.2 Å². The molecule has 4 atom stereocenters. The Balaban J connectivity index is 1.65. The SMILES string of the molecule is CC(=O)[C@@H]1[C@@H](C(=O)c2ccc(C)cc2)[C@]2(C(=O)Nc3ccccc32)[C@H]2C=Cc3cc(F)ccc3N12. The minimum Gasteiger partial charge on any atom is -0.352 e. The molecule has 6 rings (SSSR count). The van der Waals surface area contributed by atoms with E-state index in [2.05, 4.69) is 5.32 Å². The predicted octanol–water partition coefficient (Wildman–Crippen LogP) is 4.70. The number of benzene rings is 3. The van der Waals surface area contributed by atoms with Crippen LogP contribution in [0.2, 0.25) is 0 Å². The number of aryl methyl sites for hydroxylation is 1. The second-order valence-corrected chi connectivity index (χ2v) is 9.55. The van der Waals surface area contributed by atoms with Crippen LogP contribution in [0, 0.1) is 18.7 Å². The third kappa shape index (κ3) is 2.83. The molecule has 1 spiro atoms. The van der Waals surface area contributed by atoms with Gasteiger partial charge in [0.05, 0.1) is 18.0 Å². The van der Waals surface area contributed by atoms with Crippen LogP contribution < -0.4 is 10.2 Å². The molecule has 1 fully saturated rings. The molecule has 3 aromatic carbocycles. The number of nitrogens with zero attached hydrogens (tertiary/aromatic N) is 1. The highest BCUT2D eigenvalue weighted by atomic mass is 19.1. The van der Waals surface area contributed by atoms with Crippen LogP contribution in [-0.4, -0.2) is 29.6 Å². The Kier molecular flexibility index (Phi) is 4.58. The van der Waals surface area contributed by atoms with E-state index in [4.69, 9.17) is 0 Å². The molecule has 6 heteroatoms. The number of amides is 1. The first-order valence-corrected chi connectivity index (χ1v) is 11.6. The normalized spacial score (nSPS) is 25.7. The van der Waals surface area contributed by atoms with Gasteiger partial charge >= 0.3 is 0 Å². The lowest BCUT2D eigenvalue weighted by molar-refractivity contribution is -0.122. The lowest BCUT2D eigenvalue weighted by atomic mass is 9.64. The van der Waals surface area contributed by atoms with Gasteiger partial charge in [0.25, 0.3) is 0 Å². The fourth-order valence-electron chi connectivity index (χ4n) is 6.20. The van der Waals surface area contributed by atoms with Crippen molar-refractivity contribution >= 4 is 34.9 Å². The van der Waals surface area contributed by atoms with Gasteiger partial charge in [-0.25, -0.2) is 4.39 Å². The molecule has 3 aliphatic heterocycles. The Bertz CT molecular complexity index is 1440. The Morgan fingerprint density at radius 2 is 1.77 bits per heavy atom. The summed E-state index contributed by atoms with van der Waals surface area (Å²) in [5.41, 5.74) is 2.72. The van der Waals surface area contributed by atoms with Gasteiger partial charge in [0.15, 0.2) is 11.6 Å². The van der Waals surface area contributed by atoms with Crippen LogP contribution >= 0.6 is 0 Å². The minimum atomic E-state index is -1.32. The molecule has 0 bridgehead atoms. The van der Waals surface area contributed by atoms with Crippen molar-refractivity contribution < 1.29 is 18.8 Å². The standard InChI is InChI=1S/C29H23FN2O3/c1-16-7-9-18(10-8-16)27(34)25-26(17(2)33)32-23-13-12-20(30)15-19(23)11-14-24(32)29(25)21-5-3-4-6-22(21)31-28(29)35/h3-15,24-26H,1-2H3,(H,31,35)/t24-,25+,26-,29-/m1/s1. The fraction of sp³-hybridized carbons (Fsp3) is 0.207. The number of carbonyl (C=O) groups is 3. The predicted molar refractivity (Wildman–Crippen MR) is 132 cm³/mol. The number of carbonyl (C=O) groups excluding carboxylic acids is 3. The molecule has 0 unspecified atom stereocenters. The van der Waals surface area contributed by atoms with E-state index in [1.165, 1.54) is 19.1 Å². The van der Waals surface area contributed by atoms with E-state index in [0.717, 1.165) is 5.56 Å². The lowest BCUT2D eigenvalue weighted by Gasteiger charge is -2.37. The van der Waals surface area contributed by atoms with Crippen LogP contribution in [-0.2, 0) is 15.0 Å². The molecule has 0 aliphatic carbocycles. The smallest absolute Gasteiger partial charge is 0.238 e. The van der Waals surface area contributed by atoms with Gasteiger partial charge < -0.3 is 10.2 Å². The summed E-state index contributed by atoms with van der Waals surface area (Å²) in [6.07, 6.45) is 3.62. The number of rotatable bonds is 3. The summed E-state index contributed by atoms with van der Waals surface area (Å²) in [5.74, 6) is -2.16. The number of ketones is 2. The number of halogens is 1. The zero-order valence-electron chi connectivity index (χ0n) is 19.3. The first kappa shape index (κ1) is 21.5. The monoisotopic (exact) mass is 466 g/mol. The third-order valence-electron chi connectivity index (χ3n) is 7.63. The molecule has 1 amide bonds. The van der Waals surface area contributed by atoms with Crippen molar-refractivity contribution in [3.05, 3.63) is 101 Å². The van der Waals surface area contributed by atoms with E-state index in [1.807, 2.05) is 54.3 Å². The summed E-state index contributed by atoms with van der Waals surface area (Å²) in [4.78, 5) is 43.4. The molecule has 174 valence electrons. The average molecular weight is 467 g/mol. The van der Waals surface area contributed by atoms with E-state index in [9.17, 15) is 18.8 Å². The number of nitrogens with one attached hydrogen (secondary N) is 1. The summed E-state index contributed by atoms with van der Waals surface area (Å²) in [6, 6.07) is 17.4. The van der Waals surface area contributed by atoms with Crippen molar-refractivity contribution in [1.82, 2.24) is 0 Å². The Hall–Kier alpha value is -4.06. The highest BCUT2D eigenvalue weighted by Gasteiger charge is 2.69. The molecule has 0 saturated carbocycles. The molecular weight excluding hydrogens is 443 g/mol. The quantitative estimate of drug-likeness (QED) is 0.569. The van der Waals surface area contributed by atoms with Gasteiger partial charge in [0, 0.05) is 22.5 Å². The lowest BCUT2D eigenvalue weighted by Crippen LogP contribution is -2.51. The number of para-hydroxylation sites is 1. The van der Waals surface area contributed by atoms with Crippen molar-refractivity contribution in [2.75, 3.05) is 10.2 Å². The van der Waals surface area contributed by atoms with Crippen molar-refractivity contribution in [2.45, 2.75) is 31.3 Å². The van der Waals surface area contributed by atoms with Crippen LogP contribution in [0.3, 0.4) is 0 Å². The van der Waals surface area contributed by atoms with Crippen LogP contribution in [0.5, 0.6) is 0 Å². The molecule has 1 N–H and O–H groups in total. The maximum absolute atomic E-state index is 14.3. The zero-order chi connectivity index (χ0) is 24.5. The molecule has 3 aromatic rings. The topological polar surface area (TPSA) is 66.5 Å². The molecule has 5 nitrogen and oxygen atoms in total. The second kappa shape index (κ2) is 7.47. The number of Topliss-reactive ketones (excluding diaryl/α,β-unsaturated/α-hetero) is 2. The average Bonchev–Trinajstić information content (AvgIpc) is 3.32. The Labute approximate surface area is 202 Å². The molecule has 35 heavy (non-hydrogen) atoms. The van der Waals surface area contributed by atoms with Gasteiger partial charge in [-0.2, -0.15) is 0 Å². The van der Waals surface area contributed by atoms with Crippen LogP contribution in [0.4, 0.5) is 15.8 Å². The largest absolute Gasteiger partial charge is 0.352 e. The highest BCUT2D eigenvalue weighted by molar-refractivity contribution is 6.16. The first-order chi connectivity index (χ1) is 16.8. The van der Waals surface area contributed by atoms with Crippen molar-refractivity contribution in [3.8, 4) is 0 Å². The van der Waals surface area contributed by atoms with Crippen molar-refractivity contribution in [2.24, 2.45) is 5.92 Å². The third-order valence-corrected chi connectivity index (χ3v) is 7.63. The van der Waals surface area contributed by atoms with Crippen molar-refractivity contribution in [1.29, 1.82) is 0 Å². The van der Waals surface area contributed by atoms with Gasteiger partial charge in [-0.15, -0.1) is 0 Å². The minimum absolute atomic E-state index is 0.222. The summed E-state index contributed by atoms with van der Waals surface area (Å²) < 4.78 is 14.1. The second-order valence-electron chi connectivity index (χ2n) is 9.55. The van der Waals surface area contributed by atoms with E-state index in [1.54, 1.807) is 24.3 Å². The van der Waals surface area contributed by atoms with E-state index in [-0.39, 0.29) is 17.5 Å². The molecule has 3 aliphatic rings. The van der Waals surface area contributed by atoms with E-state index < -0.39 is 29.2 Å². The van der Waals surface area contributed by atoms with Crippen LogP contribution in [0.25, 0.3) is 6.08 Å². The highest BCUT2D eigenvalue weighted by Crippen LogP contribution is 2.57. The first-order valence-electron chi connectivity index (χ1n) is 11.6. The van der Waals surface area contributed by atoms with Gasteiger partial charge in [0.2, 0.25) is 5.91 Å². The summed E-state index contributed by atoms with van der Waals surface area (Å²) in [5, 5.41) is 2.98. The summed E-state index contributed by atoms with van der Waals surface area (Å²) in [7, 11) is 0. The molecule has 1 saturated heterocycles. The Morgan fingerprint density at radius 1 is 1.03 bits per heavy atom. The van der Waals surface area contributed by atoms with Gasteiger partial charge in [-0.05, 0) is 43.7 Å². The molecule has 0 radical (unpaired) electrons. The fourth-order valence-corrected chi connectivity index (χ4v) is 6.20. The maximum atomic E-state index is 14.3. The maximum Gasteiger partial charge on any atom is 0.238 e. The van der Waals surface area contributed by atoms with E-state index in [0.29, 0.717) is 28.1 Å². The van der Waals surface area contributed by atoms with E-state index >= 15 is 0 Å². The number of fused-ring (bicyclic) bond motifs is 6. The van der Waals surface area contributed by atoms with Crippen molar-refractivity contribution in [3.63, 3.8) is 0 Å². The van der Waals surface area contributed by atoms with Gasteiger partial charge in [-0.3, -0.25) is 14.4 Å². The summed E-state index contributed by atoms with van der Waals surface area (Å²) in [6.45, 7) is 3.39. The van der Waals surface area contributed by atoms with Crippen LogP contribution in [0.15, 0.2) is 72.8 Å². The zero-order valence-corrected chi connectivity index (χ0v) is 19.3. The molecule has 0 aromatic heterocycles. The molecular formula is C29H23FN2O3. The number of anilines is 2. The Morgan fingerprint density at radius 3 is 2.51 bits per heavy atom. The summed E-state index contributed by atoms with van der Waals surface area (Å²) >= 11 is 0. The van der Waals surface area contributed by atoms with Crippen LogP contribution in [0.1, 0.15) is 34.0 Å². The van der Waals surface area contributed by atoms with Gasteiger partial charge in [0.1, 0.15) is 11.2 Å². The number of hydrogen-bond acceptors (Lipinski definition) is 4. The number of hydrogen-bond donors (Lipinski definition) is 1.